The summed E-state index contributed by atoms with van der Waals surface area (Å²) in [5.41, 5.74) is 1.86. The van der Waals surface area contributed by atoms with Gasteiger partial charge >= 0.3 is 0 Å². The number of aromatic nitrogens is 1. The van der Waals surface area contributed by atoms with Crippen LogP contribution < -0.4 is 19.7 Å². The highest BCUT2D eigenvalue weighted by Crippen LogP contribution is 2.36. The minimum atomic E-state index is -0.321. The van der Waals surface area contributed by atoms with E-state index in [1.54, 1.807) is 24.4 Å². The number of ether oxygens (including phenoxy) is 2. The van der Waals surface area contributed by atoms with Gasteiger partial charge in [0, 0.05) is 25.2 Å². The molecule has 138 valence electrons. The van der Waals surface area contributed by atoms with Crippen LogP contribution in [-0.2, 0) is 0 Å². The molecule has 2 heterocycles. The maximum atomic E-state index is 12.5. The first-order valence-corrected chi connectivity index (χ1v) is 8.94. The van der Waals surface area contributed by atoms with E-state index in [-0.39, 0.29) is 5.91 Å². The molecule has 1 aromatic heterocycles. The molecule has 1 aromatic carbocycles. The fraction of sp³-hybridized carbons (Fsp3) is 0.368. The van der Waals surface area contributed by atoms with Crippen LogP contribution in [0.2, 0.25) is 5.02 Å². The van der Waals surface area contributed by atoms with Crippen molar-refractivity contribution in [2.45, 2.75) is 19.3 Å². The normalized spacial score (nSPS) is 14.0. The lowest BCUT2D eigenvalue weighted by atomic mass is 10.1. The third-order valence-electron chi connectivity index (χ3n) is 4.42. The number of rotatable bonds is 5. The van der Waals surface area contributed by atoms with Gasteiger partial charge in [-0.2, -0.15) is 0 Å². The summed E-state index contributed by atoms with van der Waals surface area (Å²) in [7, 11) is 3.03. The van der Waals surface area contributed by atoms with Crippen molar-refractivity contribution in [1.29, 1.82) is 0 Å². The monoisotopic (exact) mass is 375 g/mol. The van der Waals surface area contributed by atoms with Gasteiger partial charge in [0.05, 0.1) is 36.8 Å². The summed E-state index contributed by atoms with van der Waals surface area (Å²) in [4.78, 5) is 19.1. The van der Waals surface area contributed by atoms with Crippen LogP contribution >= 0.6 is 11.6 Å². The fourth-order valence-corrected chi connectivity index (χ4v) is 3.23. The first-order valence-electron chi connectivity index (χ1n) is 8.56. The van der Waals surface area contributed by atoms with Gasteiger partial charge in [-0.05, 0) is 31.4 Å². The van der Waals surface area contributed by atoms with E-state index >= 15 is 0 Å². The molecule has 1 N–H and O–H groups in total. The third-order valence-corrected chi connectivity index (χ3v) is 4.72. The number of nitrogens with one attached hydrogen (secondary N) is 1. The molecule has 0 atom stereocenters. The van der Waals surface area contributed by atoms with E-state index in [2.05, 4.69) is 15.2 Å². The fourth-order valence-electron chi connectivity index (χ4n) is 3.00. The Kier molecular flexibility index (Phi) is 5.83. The molecule has 0 aliphatic carbocycles. The molecule has 6 nitrogen and oxygen atoms in total. The Labute approximate surface area is 158 Å². The van der Waals surface area contributed by atoms with Gasteiger partial charge in [-0.1, -0.05) is 11.6 Å². The van der Waals surface area contributed by atoms with Crippen LogP contribution in [0.1, 0.15) is 29.8 Å². The maximum absolute atomic E-state index is 12.5. The van der Waals surface area contributed by atoms with Crippen molar-refractivity contribution < 1.29 is 14.3 Å². The van der Waals surface area contributed by atoms with Gasteiger partial charge < -0.3 is 19.7 Å². The average molecular weight is 376 g/mol. The van der Waals surface area contributed by atoms with Crippen LogP contribution in [-0.4, -0.2) is 38.2 Å². The number of amides is 1. The Hall–Kier alpha value is -2.47. The summed E-state index contributed by atoms with van der Waals surface area (Å²) in [6.45, 7) is 2.07. The van der Waals surface area contributed by atoms with Crippen molar-refractivity contribution in [2.75, 3.05) is 37.5 Å². The molecule has 1 saturated heterocycles. The number of carbonyl (C=O) groups is 1. The van der Waals surface area contributed by atoms with Crippen molar-refractivity contribution in [1.82, 2.24) is 4.98 Å². The third kappa shape index (κ3) is 4.02. The number of methoxy groups -OCH3 is 2. The molecule has 1 fully saturated rings. The lowest BCUT2D eigenvalue weighted by molar-refractivity contribution is 0.102. The number of carbonyl (C=O) groups excluding carboxylic acids is 1. The Balaban J connectivity index is 1.75. The number of nitrogens with zero attached hydrogens (tertiary/aromatic N) is 2. The van der Waals surface area contributed by atoms with Gasteiger partial charge in [0.1, 0.15) is 17.2 Å². The number of hydrogen-bond acceptors (Lipinski definition) is 5. The second-order valence-corrected chi connectivity index (χ2v) is 6.50. The minimum Gasteiger partial charge on any atom is -0.495 e. The second kappa shape index (κ2) is 8.27. The van der Waals surface area contributed by atoms with Crippen LogP contribution in [0.15, 0.2) is 30.5 Å². The highest BCUT2D eigenvalue weighted by atomic mass is 35.5. The summed E-state index contributed by atoms with van der Waals surface area (Å²) >= 11 is 6.09. The predicted molar refractivity (Wildman–Crippen MR) is 103 cm³/mol. The molecule has 0 spiro atoms. The van der Waals surface area contributed by atoms with Crippen LogP contribution in [0.3, 0.4) is 0 Å². The average Bonchev–Trinajstić information content (AvgIpc) is 2.69. The van der Waals surface area contributed by atoms with Crippen molar-refractivity contribution >= 4 is 28.9 Å². The molecule has 0 unspecified atom stereocenters. The minimum absolute atomic E-state index is 0.321. The zero-order valence-corrected chi connectivity index (χ0v) is 15.7. The predicted octanol–water partition coefficient (Wildman–Crippen LogP) is 3.99. The van der Waals surface area contributed by atoms with Gasteiger partial charge in [0.25, 0.3) is 5.91 Å². The van der Waals surface area contributed by atoms with Crippen LogP contribution in [0, 0.1) is 0 Å². The summed E-state index contributed by atoms with van der Waals surface area (Å²) in [5, 5.41) is 3.21. The first kappa shape index (κ1) is 18.3. The zero-order valence-electron chi connectivity index (χ0n) is 14.9. The maximum Gasteiger partial charge on any atom is 0.274 e. The summed E-state index contributed by atoms with van der Waals surface area (Å²) in [5.74, 6) is 0.586. The van der Waals surface area contributed by atoms with Crippen molar-refractivity contribution in [3.8, 4) is 11.5 Å². The van der Waals surface area contributed by atoms with Gasteiger partial charge in [0.2, 0.25) is 0 Å². The van der Waals surface area contributed by atoms with Gasteiger partial charge in [-0.25, -0.2) is 4.98 Å². The van der Waals surface area contributed by atoms with E-state index in [4.69, 9.17) is 21.1 Å². The zero-order chi connectivity index (χ0) is 18.5. The summed E-state index contributed by atoms with van der Waals surface area (Å²) < 4.78 is 10.5. The van der Waals surface area contributed by atoms with Gasteiger partial charge in [0.15, 0.2) is 0 Å². The van der Waals surface area contributed by atoms with Gasteiger partial charge in [-0.3, -0.25) is 4.79 Å². The SMILES string of the molecule is COc1cc(NC(=O)c2ccc(N3CCCCC3)cn2)c(OC)cc1Cl. The van der Waals surface area contributed by atoms with Crippen LogP contribution in [0.5, 0.6) is 11.5 Å². The van der Waals surface area contributed by atoms with E-state index in [0.717, 1.165) is 18.8 Å². The highest BCUT2D eigenvalue weighted by molar-refractivity contribution is 6.32. The standard InChI is InChI=1S/C19H22ClN3O3/c1-25-17-11-16(18(26-2)10-14(17)20)22-19(24)15-7-6-13(12-21-15)23-8-4-3-5-9-23/h6-7,10-12H,3-5,8-9H2,1-2H3,(H,22,24). The van der Waals surface area contributed by atoms with E-state index in [1.165, 1.54) is 33.5 Å². The number of anilines is 2. The van der Waals surface area contributed by atoms with E-state index in [0.29, 0.717) is 27.9 Å². The van der Waals surface area contributed by atoms with E-state index in [1.807, 2.05) is 6.07 Å². The quantitative estimate of drug-likeness (QED) is 0.855. The number of benzene rings is 1. The highest BCUT2D eigenvalue weighted by Gasteiger charge is 2.16. The molecule has 1 aliphatic rings. The second-order valence-electron chi connectivity index (χ2n) is 6.09. The molecule has 0 bridgehead atoms. The van der Waals surface area contributed by atoms with Crippen molar-refractivity contribution in [3.63, 3.8) is 0 Å². The number of pyridine rings is 1. The van der Waals surface area contributed by atoms with Crippen molar-refractivity contribution in [2.24, 2.45) is 0 Å². The lowest BCUT2D eigenvalue weighted by Crippen LogP contribution is -2.29. The Morgan fingerprint density at radius 2 is 1.85 bits per heavy atom. The molecule has 7 heteroatoms. The molecule has 2 aromatic rings. The molecule has 3 rings (SSSR count). The molecular formula is C19H22ClN3O3. The van der Waals surface area contributed by atoms with Crippen LogP contribution in [0.25, 0.3) is 0 Å². The molecule has 0 saturated carbocycles. The Bertz CT molecular complexity index is 774. The Morgan fingerprint density at radius 3 is 2.46 bits per heavy atom. The molecule has 0 radical (unpaired) electrons. The van der Waals surface area contributed by atoms with Crippen molar-refractivity contribution in [3.05, 3.63) is 41.2 Å². The smallest absolute Gasteiger partial charge is 0.274 e. The first-order chi connectivity index (χ1) is 12.6. The summed E-state index contributed by atoms with van der Waals surface area (Å²) in [6, 6.07) is 6.90. The number of halogens is 1. The largest absolute Gasteiger partial charge is 0.495 e. The lowest BCUT2D eigenvalue weighted by Gasteiger charge is -2.28. The molecule has 26 heavy (non-hydrogen) atoms. The summed E-state index contributed by atoms with van der Waals surface area (Å²) in [6.07, 6.45) is 5.41. The number of piperidine rings is 1. The van der Waals surface area contributed by atoms with Crippen LogP contribution in [0.4, 0.5) is 11.4 Å². The van der Waals surface area contributed by atoms with E-state index < -0.39 is 0 Å². The number of hydrogen-bond donors (Lipinski definition) is 1. The van der Waals surface area contributed by atoms with E-state index in [9.17, 15) is 4.79 Å². The Morgan fingerprint density at radius 1 is 1.12 bits per heavy atom. The molecule has 1 aliphatic heterocycles. The molecule has 1 amide bonds. The van der Waals surface area contributed by atoms with Gasteiger partial charge in [-0.15, -0.1) is 0 Å². The topological polar surface area (TPSA) is 63.7 Å². The molecular weight excluding hydrogens is 354 g/mol.